The molecule has 0 saturated carbocycles. The van der Waals surface area contributed by atoms with Crippen LogP contribution in [0.4, 0.5) is 0 Å². The number of hydrogen-bond donors (Lipinski definition) is 12. The van der Waals surface area contributed by atoms with Crippen molar-refractivity contribution in [3.05, 3.63) is 90.2 Å². The van der Waals surface area contributed by atoms with E-state index in [9.17, 15) is 70.2 Å². The van der Waals surface area contributed by atoms with E-state index in [0.29, 0.717) is 24.6 Å². The summed E-state index contributed by atoms with van der Waals surface area (Å²) in [4.78, 5) is 56.1. The summed E-state index contributed by atoms with van der Waals surface area (Å²) in [6, 6.07) is 0. The zero-order chi connectivity index (χ0) is 62.2. The molecular weight excluding hydrogens is 1170 g/mol. The van der Waals surface area contributed by atoms with Crippen LogP contribution in [0.15, 0.2) is 56.4 Å². The highest BCUT2D eigenvalue weighted by Crippen LogP contribution is 2.33. The van der Waals surface area contributed by atoms with Gasteiger partial charge < -0.3 is 79.5 Å². The standard InChI is InChI=1S/C52H74N16O20/c69-23-37-41(73)43(75)45(77)49(87-37)67-19-31(57-61-67)29-17-65(51(81)53-47(29)79)39-13-33(71)35(85-39)21-63-15-27(55-59-63)25-83-11-9-7-5-3-1-2-4-6-8-10-12-84-26-28-16-64(60-56-28)22-36-34(72)14-40(86-36)66-18-30(48(80)54-52(66)82)32-20-68(62-58-32)50-46(78)44(76)42(74)38(24-70)88-50/h15-20,33-46,49-50,69-78H,1-14,21-26H2,(H,53,79,81)(H,54,80,82)/t33-,34-,35+,36+,37+,38+,39+,40+,41+,42+,43-,44-,45+,46+,49+,50+/m0/s1. The number of aromatic nitrogens is 16. The highest BCUT2D eigenvalue weighted by Gasteiger charge is 2.47. The second-order valence-corrected chi connectivity index (χ2v) is 22.4. The van der Waals surface area contributed by atoms with Gasteiger partial charge in [-0.25, -0.2) is 28.3 Å². The molecule has 4 fully saturated rings. The van der Waals surface area contributed by atoms with E-state index >= 15 is 0 Å². The van der Waals surface area contributed by atoms with Crippen LogP contribution in [-0.2, 0) is 54.7 Å². The quantitative estimate of drug-likeness (QED) is 0.0197. The first kappa shape index (κ1) is 64.3. The van der Waals surface area contributed by atoms with E-state index in [4.69, 9.17) is 28.4 Å². The number of nitrogens with zero attached hydrogens (tertiary/aromatic N) is 14. The Hall–Kier alpha value is -6.72. The minimum absolute atomic E-state index is 0.00929. The van der Waals surface area contributed by atoms with Crippen LogP contribution in [0.3, 0.4) is 0 Å². The average molecular weight is 1240 g/mol. The van der Waals surface area contributed by atoms with Crippen molar-refractivity contribution in [3.63, 3.8) is 0 Å². The molecule has 0 aliphatic carbocycles. The average Bonchev–Trinajstić information content (AvgIpc) is 1.95. The van der Waals surface area contributed by atoms with Gasteiger partial charge in [-0.2, -0.15) is 0 Å². The fraction of sp³-hybridized carbons (Fsp3) is 0.692. The molecular formula is C52H74N16O20. The van der Waals surface area contributed by atoms with E-state index in [1.165, 1.54) is 34.2 Å². The van der Waals surface area contributed by atoms with Crippen LogP contribution < -0.4 is 22.5 Å². The zero-order valence-corrected chi connectivity index (χ0v) is 47.7. The fourth-order valence-corrected chi connectivity index (χ4v) is 11.0. The molecule has 0 spiro atoms. The molecule has 0 radical (unpaired) electrons. The normalized spacial score (nSPS) is 29.2. The lowest BCUT2D eigenvalue weighted by Crippen LogP contribution is -2.56. The monoisotopic (exact) mass is 1240 g/mol. The van der Waals surface area contributed by atoms with Gasteiger partial charge in [-0.3, -0.25) is 28.7 Å². The van der Waals surface area contributed by atoms with Crippen LogP contribution in [0, 0.1) is 0 Å². The summed E-state index contributed by atoms with van der Waals surface area (Å²) in [5, 5.41) is 135. The van der Waals surface area contributed by atoms with Gasteiger partial charge >= 0.3 is 11.4 Å². The second-order valence-electron chi connectivity index (χ2n) is 22.4. The van der Waals surface area contributed by atoms with Crippen LogP contribution in [0.2, 0.25) is 0 Å². The van der Waals surface area contributed by atoms with E-state index < -0.39 is 134 Å². The highest BCUT2D eigenvalue weighted by molar-refractivity contribution is 5.55. The Bertz CT molecular complexity index is 3230. The molecule has 4 aliphatic rings. The summed E-state index contributed by atoms with van der Waals surface area (Å²) in [6.45, 7) is 0.546. The smallest absolute Gasteiger partial charge is 0.330 e. The molecule has 88 heavy (non-hydrogen) atoms. The Kier molecular flexibility index (Phi) is 21.4. The Balaban J connectivity index is 0.555. The molecule has 36 heteroatoms. The minimum atomic E-state index is -1.67. The van der Waals surface area contributed by atoms with Gasteiger partial charge in [0.05, 0.1) is 87.6 Å². The van der Waals surface area contributed by atoms with Crippen LogP contribution in [-0.4, -0.2) is 230 Å². The minimum Gasteiger partial charge on any atom is -0.394 e. The van der Waals surface area contributed by atoms with E-state index in [0.717, 1.165) is 82.7 Å². The number of H-pyrrole nitrogens is 2. The van der Waals surface area contributed by atoms with Crippen LogP contribution in [0.25, 0.3) is 22.5 Å². The zero-order valence-electron chi connectivity index (χ0n) is 47.7. The number of nitrogens with one attached hydrogen (secondary N) is 2. The summed E-state index contributed by atoms with van der Waals surface area (Å²) >= 11 is 0. The molecule has 0 unspecified atom stereocenters. The van der Waals surface area contributed by atoms with Crippen LogP contribution in [0.1, 0.15) is 113 Å². The van der Waals surface area contributed by atoms with Crippen molar-refractivity contribution in [2.45, 2.75) is 202 Å². The first-order chi connectivity index (χ1) is 42.5. The van der Waals surface area contributed by atoms with Crippen molar-refractivity contribution in [1.82, 2.24) is 79.1 Å². The van der Waals surface area contributed by atoms with Gasteiger partial charge in [0, 0.05) is 38.4 Å². The van der Waals surface area contributed by atoms with Crippen molar-refractivity contribution < 1.29 is 79.5 Å². The molecule has 16 atom stereocenters. The third kappa shape index (κ3) is 14.9. The maximum absolute atomic E-state index is 12.9. The van der Waals surface area contributed by atoms with Gasteiger partial charge in [-0.05, 0) is 12.8 Å². The van der Waals surface area contributed by atoms with Crippen molar-refractivity contribution in [2.75, 3.05) is 26.4 Å². The summed E-state index contributed by atoms with van der Waals surface area (Å²) in [5.41, 5.74) is -2.26. The molecule has 0 bridgehead atoms. The lowest BCUT2D eigenvalue weighted by Gasteiger charge is -2.39. The Labute approximate surface area is 498 Å². The van der Waals surface area contributed by atoms with Gasteiger partial charge in [0.25, 0.3) is 11.1 Å². The number of aliphatic hydroxyl groups excluding tert-OH is 10. The topological polar surface area (TPSA) is 490 Å². The number of aromatic amines is 2. The molecule has 4 aliphatic heterocycles. The van der Waals surface area contributed by atoms with E-state index in [1.54, 1.807) is 12.4 Å². The molecule has 482 valence electrons. The van der Waals surface area contributed by atoms with Gasteiger partial charge in [0.15, 0.2) is 12.5 Å². The molecule has 36 nitrogen and oxygen atoms in total. The summed E-state index contributed by atoms with van der Waals surface area (Å²) in [5.74, 6) is 0. The highest BCUT2D eigenvalue weighted by atomic mass is 16.6. The Morgan fingerprint density at radius 3 is 1.23 bits per heavy atom. The number of rotatable bonds is 29. The molecule has 10 rings (SSSR count). The number of hydrogen-bond acceptors (Lipinski definition) is 28. The van der Waals surface area contributed by atoms with Crippen molar-refractivity contribution >= 4 is 0 Å². The first-order valence-electron chi connectivity index (χ1n) is 29.2. The SMILES string of the molecule is O=c1[nH]c(=O)n([C@H]2C[C@H](O)[C@@H](Cn3cc(COCCCCCCCCCCCCOCc4cn(C[C@H]5O[C@@H](n6cc(-c7cn([C@@H]8O[C@H](CO)[C@@H](O)[C@H](O)[C@H]8O)nn7)c(=O)[nH]c6=O)C[C@@H]5O)nn4)nn3)O2)cc1-c1cn([C@@H]2O[C@H](CO)[C@@H](O)[C@H](O)[C@H]2O)nn1. The lowest BCUT2D eigenvalue weighted by atomic mass is 9.98. The molecule has 12 N–H and O–H groups in total. The summed E-state index contributed by atoms with van der Waals surface area (Å²) < 4.78 is 42.1. The van der Waals surface area contributed by atoms with Crippen LogP contribution >= 0.6 is 0 Å². The maximum Gasteiger partial charge on any atom is 0.330 e. The predicted octanol–water partition coefficient (Wildman–Crippen LogP) is -4.64. The lowest BCUT2D eigenvalue weighted by molar-refractivity contribution is -0.254. The Morgan fingerprint density at radius 1 is 0.455 bits per heavy atom. The van der Waals surface area contributed by atoms with Crippen molar-refractivity contribution in [3.8, 4) is 22.5 Å². The van der Waals surface area contributed by atoms with Crippen molar-refractivity contribution in [1.29, 1.82) is 0 Å². The third-order valence-corrected chi connectivity index (χ3v) is 16.0. The largest absolute Gasteiger partial charge is 0.394 e. The fourth-order valence-electron chi connectivity index (χ4n) is 11.0. The molecule has 6 aromatic rings. The van der Waals surface area contributed by atoms with E-state index in [1.807, 2.05) is 0 Å². The van der Waals surface area contributed by atoms with Gasteiger partial charge in [-0.15, -0.1) is 20.4 Å². The number of ether oxygens (including phenoxy) is 6. The van der Waals surface area contributed by atoms with E-state index in [2.05, 4.69) is 51.2 Å². The first-order valence-corrected chi connectivity index (χ1v) is 29.2. The molecule has 0 amide bonds. The predicted molar refractivity (Wildman–Crippen MR) is 293 cm³/mol. The maximum atomic E-state index is 12.9. The third-order valence-electron chi connectivity index (χ3n) is 16.0. The van der Waals surface area contributed by atoms with Gasteiger partial charge in [-0.1, -0.05) is 72.2 Å². The van der Waals surface area contributed by atoms with E-state index in [-0.39, 0.29) is 61.7 Å². The number of unbranched alkanes of at least 4 members (excludes halogenated alkanes) is 9. The van der Waals surface area contributed by atoms with Crippen molar-refractivity contribution in [2.24, 2.45) is 0 Å². The molecule has 4 saturated heterocycles. The Morgan fingerprint density at radius 2 is 0.841 bits per heavy atom. The van der Waals surface area contributed by atoms with Gasteiger partial charge in [0.1, 0.15) is 96.3 Å². The number of aliphatic hydroxyl groups is 10. The molecule has 0 aromatic carbocycles. The second kappa shape index (κ2) is 29.3. The molecule has 10 heterocycles. The summed E-state index contributed by atoms with van der Waals surface area (Å²) in [7, 11) is 0. The summed E-state index contributed by atoms with van der Waals surface area (Å²) in [6.07, 6.45) is -1.52. The van der Waals surface area contributed by atoms with Gasteiger partial charge in [0.2, 0.25) is 0 Å². The molecule has 6 aromatic heterocycles. The van der Waals surface area contributed by atoms with Crippen LogP contribution in [0.5, 0.6) is 0 Å².